The fraction of sp³-hybridized carbons (Fsp3) is 0.286. The van der Waals surface area contributed by atoms with Gasteiger partial charge in [0.2, 0.25) is 10.0 Å². The molecular weight excluding hydrogens is 524 g/mol. The highest BCUT2D eigenvalue weighted by Crippen LogP contribution is 2.30. The lowest BCUT2D eigenvalue weighted by atomic mass is 10.1. The second-order valence-corrected chi connectivity index (χ2v) is 11.7. The Labute approximate surface area is 227 Å². The summed E-state index contributed by atoms with van der Waals surface area (Å²) >= 11 is 5.96. The number of hydrogen-bond donors (Lipinski definition) is 0. The van der Waals surface area contributed by atoms with Gasteiger partial charge in [0.1, 0.15) is 11.6 Å². The number of sulfonamides is 1. The van der Waals surface area contributed by atoms with E-state index in [1.807, 2.05) is 56.3 Å². The molecule has 8 nitrogen and oxygen atoms in total. The number of methoxy groups -OCH3 is 1. The van der Waals surface area contributed by atoms with Gasteiger partial charge < -0.3 is 4.74 Å². The van der Waals surface area contributed by atoms with E-state index in [1.165, 1.54) is 16.4 Å². The first-order valence-electron chi connectivity index (χ1n) is 12.4. The standard InChI is InChI=1S/C28H29ClN4O4S/c1-19-18-31(16-17-32(19)38(35,36)22-14-12-21(29)13-15-22)20(2)27-30-24-9-5-4-8-23(24)28(34)33(27)25-10-6-7-11-26(25)37-3/h4-15,19-20H,16-18H2,1-3H3. The van der Waals surface area contributed by atoms with E-state index in [2.05, 4.69) is 4.90 Å². The van der Waals surface area contributed by atoms with Crippen LogP contribution in [0.3, 0.4) is 0 Å². The Morgan fingerprint density at radius 1 is 1.00 bits per heavy atom. The predicted octanol–water partition coefficient (Wildman–Crippen LogP) is 4.50. The van der Waals surface area contributed by atoms with Crippen LogP contribution in [0.15, 0.2) is 82.5 Å². The minimum absolute atomic E-state index is 0.182. The SMILES string of the molecule is COc1ccccc1-n1c(C(C)N2CCN(S(=O)(=O)c3ccc(Cl)cc3)C(C)C2)nc2ccccc2c1=O. The minimum atomic E-state index is -3.68. The van der Waals surface area contributed by atoms with Gasteiger partial charge >= 0.3 is 0 Å². The van der Waals surface area contributed by atoms with Gasteiger partial charge in [-0.15, -0.1) is 0 Å². The third kappa shape index (κ3) is 4.71. The molecule has 2 unspecified atom stereocenters. The molecule has 4 aromatic rings. The van der Waals surface area contributed by atoms with E-state index >= 15 is 0 Å². The van der Waals surface area contributed by atoms with Gasteiger partial charge in [-0.3, -0.25) is 14.3 Å². The number of fused-ring (bicyclic) bond motifs is 1. The van der Waals surface area contributed by atoms with Crippen molar-refractivity contribution in [1.82, 2.24) is 18.8 Å². The van der Waals surface area contributed by atoms with Gasteiger partial charge in [-0.1, -0.05) is 35.9 Å². The molecule has 1 fully saturated rings. The van der Waals surface area contributed by atoms with Crippen LogP contribution >= 0.6 is 11.6 Å². The van der Waals surface area contributed by atoms with Crippen LogP contribution in [0.1, 0.15) is 25.7 Å². The number of hydrogen-bond acceptors (Lipinski definition) is 6. The van der Waals surface area contributed by atoms with Crippen LogP contribution < -0.4 is 10.3 Å². The Morgan fingerprint density at radius 2 is 1.68 bits per heavy atom. The van der Waals surface area contributed by atoms with Gasteiger partial charge in [0.05, 0.1) is 34.6 Å². The largest absolute Gasteiger partial charge is 0.495 e. The summed E-state index contributed by atoms with van der Waals surface area (Å²) in [6, 6.07) is 20.3. The van der Waals surface area contributed by atoms with Crippen molar-refractivity contribution in [3.8, 4) is 11.4 Å². The Kier molecular flexibility index (Phi) is 7.28. The first-order valence-corrected chi connectivity index (χ1v) is 14.2. The smallest absolute Gasteiger partial charge is 0.266 e. The second kappa shape index (κ2) is 10.5. The van der Waals surface area contributed by atoms with Gasteiger partial charge in [0.15, 0.2) is 0 Å². The summed E-state index contributed by atoms with van der Waals surface area (Å²) < 4.78 is 35.4. The van der Waals surface area contributed by atoms with Crippen molar-refractivity contribution < 1.29 is 13.2 Å². The first kappa shape index (κ1) is 26.4. The molecule has 38 heavy (non-hydrogen) atoms. The molecule has 1 aliphatic rings. The Bertz CT molecular complexity index is 1640. The third-order valence-electron chi connectivity index (χ3n) is 7.07. The zero-order valence-electron chi connectivity index (χ0n) is 21.4. The molecule has 2 heterocycles. The maximum Gasteiger partial charge on any atom is 0.266 e. The summed E-state index contributed by atoms with van der Waals surface area (Å²) in [6.07, 6.45) is 0. The van der Waals surface area contributed by atoms with E-state index < -0.39 is 10.0 Å². The molecule has 1 aliphatic heterocycles. The molecule has 0 saturated carbocycles. The Hall–Kier alpha value is -3.24. The van der Waals surface area contributed by atoms with Gasteiger partial charge in [0, 0.05) is 30.7 Å². The van der Waals surface area contributed by atoms with Gasteiger partial charge in [-0.25, -0.2) is 13.4 Å². The van der Waals surface area contributed by atoms with Crippen LogP contribution in [0.5, 0.6) is 5.75 Å². The first-order chi connectivity index (χ1) is 18.2. The quantitative estimate of drug-likeness (QED) is 0.350. The van der Waals surface area contributed by atoms with Crippen molar-refractivity contribution in [3.05, 3.63) is 94.0 Å². The number of aromatic nitrogens is 2. The maximum absolute atomic E-state index is 13.8. The molecule has 0 bridgehead atoms. The van der Waals surface area contributed by atoms with Crippen molar-refractivity contribution in [3.63, 3.8) is 0 Å². The van der Waals surface area contributed by atoms with Crippen LogP contribution in [-0.2, 0) is 10.0 Å². The van der Waals surface area contributed by atoms with Crippen LogP contribution in [0.4, 0.5) is 0 Å². The van der Waals surface area contributed by atoms with Gasteiger partial charge in [-0.05, 0) is 62.4 Å². The molecule has 3 aromatic carbocycles. The summed E-state index contributed by atoms with van der Waals surface area (Å²) in [7, 11) is -2.10. The highest BCUT2D eigenvalue weighted by Gasteiger charge is 2.36. The molecule has 0 N–H and O–H groups in total. The predicted molar refractivity (Wildman–Crippen MR) is 149 cm³/mol. The van der Waals surface area contributed by atoms with E-state index in [1.54, 1.807) is 29.9 Å². The monoisotopic (exact) mass is 552 g/mol. The van der Waals surface area contributed by atoms with Crippen molar-refractivity contribution >= 4 is 32.5 Å². The molecule has 0 radical (unpaired) electrons. The third-order valence-corrected chi connectivity index (χ3v) is 9.35. The molecule has 0 aliphatic carbocycles. The Morgan fingerprint density at radius 3 is 2.39 bits per heavy atom. The fourth-order valence-electron chi connectivity index (χ4n) is 5.06. The molecule has 5 rings (SSSR count). The molecular formula is C28H29ClN4O4S. The summed E-state index contributed by atoms with van der Waals surface area (Å²) in [5.41, 5.74) is 1.04. The zero-order chi connectivity index (χ0) is 27.0. The van der Waals surface area contributed by atoms with Crippen molar-refractivity contribution in [2.24, 2.45) is 0 Å². The van der Waals surface area contributed by atoms with E-state index in [0.717, 1.165) is 0 Å². The lowest BCUT2D eigenvalue weighted by molar-refractivity contribution is 0.104. The summed E-state index contributed by atoms with van der Waals surface area (Å²) in [4.78, 5) is 21.1. The molecule has 0 amide bonds. The average molecular weight is 553 g/mol. The van der Waals surface area contributed by atoms with Gasteiger partial charge in [-0.2, -0.15) is 4.31 Å². The fourth-order valence-corrected chi connectivity index (χ4v) is 6.80. The van der Waals surface area contributed by atoms with E-state index in [9.17, 15) is 13.2 Å². The second-order valence-electron chi connectivity index (χ2n) is 9.39. The minimum Gasteiger partial charge on any atom is -0.495 e. The van der Waals surface area contributed by atoms with Crippen molar-refractivity contribution in [2.75, 3.05) is 26.7 Å². The number of nitrogens with zero attached hydrogens (tertiary/aromatic N) is 4. The number of para-hydroxylation sites is 3. The molecule has 0 spiro atoms. The molecule has 10 heteroatoms. The van der Waals surface area contributed by atoms with Crippen LogP contribution in [0, 0.1) is 0 Å². The topological polar surface area (TPSA) is 84.7 Å². The van der Waals surface area contributed by atoms with Crippen molar-refractivity contribution in [1.29, 1.82) is 0 Å². The lowest BCUT2D eigenvalue weighted by Gasteiger charge is -2.41. The van der Waals surface area contributed by atoms with E-state index in [-0.39, 0.29) is 22.5 Å². The highest BCUT2D eigenvalue weighted by atomic mass is 35.5. The highest BCUT2D eigenvalue weighted by molar-refractivity contribution is 7.89. The van der Waals surface area contributed by atoms with Crippen LogP contribution in [-0.4, -0.2) is 60.0 Å². The molecule has 198 valence electrons. The summed E-state index contributed by atoms with van der Waals surface area (Å²) in [6.45, 7) is 5.16. The molecule has 1 aromatic heterocycles. The van der Waals surface area contributed by atoms with E-state index in [4.69, 9.17) is 21.3 Å². The summed E-state index contributed by atoms with van der Waals surface area (Å²) in [5.74, 6) is 1.13. The number of ether oxygens (including phenoxy) is 1. The number of halogens is 1. The molecule has 2 atom stereocenters. The Balaban J connectivity index is 1.52. The normalized spacial score (nSPS) is 17.9. The lowest BCUT2D eigenvalue weighted by Crippen LogP contribution is -2.54. The number of rotatable bonds is 6. The number of benzene rings is 3. The van der Waals surface area contributed by atoms with Crippen LogP contribution in [0.2, 0.25) is 5.02 Å². The van der Waals surface area contributed by atoms with Crippen LogP contribution in [0.25, 0.3) is 16.6 Å². The molecule has 1 saturated heterocycles. The average Bonchev–Trinajstić information content (AvgIpc) is 2.92. The number of piperazine rings is 1. The summed E-state index contributed by atoms with van der Waals surface area (Å²) in [5, 5.41) is 1.00. The zero-order valence-corrected chi connectivity index (χ0v) is 23.0. The van der Waals surface area contributed by atoms with Gasteiger partial charge in [0.25, 0.3) is 5.56 Å². The maximum atomic E-state index is 13.8. The van der Waals surface area contributed by atoms with E-state index in [0.29, 0.717) is 52.8 Å². The van der Waals surface area contributed by atoms with Crippen molar-refractivity contribution in [2.45, 2.75) is 30.8 Å².